The lowest BCUT2D eigenvalue weighted by atomic mass is 9.47. The molecule has 28 heavy (non-hydrogen) atoms. The van der Waals surface area contributed by atoms with Crippen molar-refractivity contribution < 1.29 is 23.1 Å². The number of amides is 1. The smallest absolute Gasteiger partial charge is 0.242 e. The fourth-order valence-electron chi connectivity index (χ4n) is 5.89. The number of anilines is 1. The monoisotopic (exact) mass is 408 g/mol. The first-order valence-corrected chi connectivity index (χ1v) is 11.2. The summed E-state index contributed by atoms with van der Waals surface area (Å²) in [4.78, 5) is 13.4. The Kier molecular flexibility index (Phi) is 4.52. The Morgan fingerprint density at radius 3 is 2.39 bits per heavy atom. The second kappa shape index (κ2) is 6.43. The summed E-state index contributed by atoms with van der Waals surface area (Å²) in [6, 6.07) is 4.47. The Morgan fingerprint density at radius 1 is 1.21 bits per heavy atom. The van der Waals surface area contributed by atoms with Gasteiger partial charge in [-0.25, -0.2) is 12.7 Å². The van der Waals surface area contributed by atoms with Crippen LogP contribution in [-0.2, 0) is 14.8 Å². The quantitative estimate of drug-likeness (QED) is 0.779. The van der Waals surface area contributed by atoms with Crippen LogP contribution in [0.4, 0.5) is 5.69 Å². The van der Waals surface area contributed by atoms with E-state index in [1.807, 2.05) is 0 Å². The number of nitrogens with zero attached hydrogens (tertiary/aromatic N) is 1. The zero-order chi connectivity index (χ0) is 20.3. The molecule has 2 N–H and O–H groups in total. The SMILES string of the molecule is COc1ccc(S(=O)(=O)N(C)C)cc1NC(=O)C12C[C@@H]3C[C@@H](CC(O)(C3)C1)C2. The molecule has 4 aliphatic rings. The predicted octanol–water partition coefficient (Wildman–Crippen LogP) is 2.22. The second-order valence-electron chi connectivity index (χ2n) is 9.07. The van der Waals surface area contributed by atoms with Crippen LogP contribution in [0.3, 0.4) is 0 Å². The predicted molar refractivity (Wildman–Crippen MR) is 105 cm³/mol. The third-order valence-corrected chi connectivity index (χ3v) is 8.52. The van der Waals surface area contributed by atoms with Crippen LogP contribution in [-0.4, -0.2) is 50.5 Å². The van der Waals surface area contributed by atoms with Crippen molar-refractivity contribution in [2.75, 3.05) is 26.5 Å². The molecule has 0 saturated heterocycles. The van der Waals surface area contributed by atoms with Gasteiger partial charge in [-0.15, -0.1) is 0 Å². The van der Waals surface area contributed by atoms with Crippen LogP contribution in [0.25, 0.3) is 0 Å². The van der Waals surface area contributed by atoms with E-state index in [0.29, 0.717) is 29.7 Å². The topological polar surface area (TPSA) is 95.9 Å². The van der Waals surface area contributed by atoms with Crippen molar-refractivity contribution in [3.63, 3.8) is 0 Å². The van der Waals surface area contributed by atoms with Gasteiger partial charge in [0, 0.05) is 14.1 Å². The zero-order valence-corrected chi connectivity index (χ0v) is 17.4. The van der Waals surface area contributed by atoms with Gasteiger partial charge in [-0.3, -0.25) is 4.79 Å². The van der Waals surface area contributed by atoms with Gasteiger partial charge in [0.1, 0.15) is 5.75 Å². The Morgan fingerprint density at radius 2 is 1.86 bits per heavy atom. The first-order valence-electron chi connectivity index (χ1n) is 9.71. The first kappa shape index (κ1) is 19.7. The molecule has 4 aliphatic carbocycles. The highest BCUT2D eigenvalue weighted by atomic mass is 32.2. The summed E-state index contributed by atoms with van der Waals surface area (Å²) in [5, 5.41) is 13.8. The summed E-state index contributed by atoms with van der Waals surface area (Å²) in [6.07, 6.45) is 4.73. The number of ether oxygens (including phenoxy) is 1. The number of methoxy groups -OCH3 is 1. The fraction of sp³-hybridized carbons (Fsp3) is 0.650. The Hall–Kier alpha value is -1.64. The highest BCUT2D eigenvalue weighted by molar-refractivity contribution is 7.89. The number of sulfonamides is 1. The maximum absolute atomic E-state index is 13.3. The molecule has 1 amide bonds. The van der Waals surface area contributed by atoms with E-state index in [1.165, 1.54) is 33.3 Å². The lowest BCUT2D eigenvalue weighted by Crippen LogP contribution is -2.59. The number of benzene rings is 1. The Labute approximate surface area is 166 Å². The average Bonchev–Trinajstić information content (AvgIpc) is 2.59. The summed E-state index contributed by atoms with van der Waals surface area (Å²) in [7, 11) is 0.789. The molecule has 4 atom stereocenters. The summed E-state index contributed by atoms with van der Waals surface area (Å²) in [5.74, 6) is 1.05. The molecule has 4 saturated carbocycles. The van der Waals surface area contributed by atoms with Gasteiger partial charge in [0.15, 0.2) is 0 Å². The third kappa shape index (κ3) is 3.11. The number of nitrogens with one attached hydrogen (secondary N) is 1. The van der Waals surface area contributed by atoms with Crippen molar-refractivity contribution in [1.82, 2.24) is 4.31 Å². The minimum Gasteiger partial charge on any atom is -0.495 e. The van der Waals surface area contributed by atoms with E-state index in [4.69, 9.17) is 4.74 Å². The molecule has 0 spiro atoms. The number of carbonyl (C=O) groups is 1. The molecule has 1 aromatic rings. The number of rotatable bonds is 5. The van der Waals surface area contributed by atoms with Gasteiger partial charge < -0.3 is 15.2 Å². The number of hydrogen-bond donors (Lipinski definition) is 2. The molecule has 5 rings (SSSR count). The average molecular weight is 409 g/mol. The summed E-state index contributed by atoms with van der Waals surface area (Å²) < 4.78 is 31.4. The van der Waals surface area contributed by atoms with E-state index in [-0.39, 0.29) is 10.8 Å². The fourth-order valence-corrected chi connectivity index (χ4v) is 6.82. The van der Waals surface area contributed by atoms with Crippen LogP contribution < -0.4 is 10.1 Å². The van der Waals surface area contributed by atoms with E-state index in [1.54, 1.807) is 6.07 Å². The van der Waals surface area contributed by atoms with Crippen LogP contribution in [0.15, 0.2) is 23.1 Å². The first-order chi connectivity index (χ1) is 13.1. The molecule has 8 heteroatoms. The number of carbonyl (C=O) groups excluding carboxylic acids is 1. The normalized spacial score (nSPS) is 33.9. The lowest BCUT2D eigenvalue weighted by molar-refractivity contribution is -0.174. The molecule has 0 aliphatic heterocycles. The van der Waals surface area contributed by atoms with Gasteiger partial charge >= 0.3 is 0 Å². The Bertz CT molecular complexity index is 897. The lowest BCUT2D eigenvalue weighted by Gasteiger charge is -2.59. The van der Waals surface area contributed by atoms with Crippen LogP contribution >= 0.6 is 0 Å². The molecule has 154 valence electrons. The summed E-state index contributed by atoms with van der Waals surface area (Å²) in [5.41, 5.74) is -0.972. The molecule has 2 unspecified atom stereocenters. The van der Waals surface area contributed by atoms with Crippen molar-refractivity contribution in [3.05, 3.63) is 18.2 Å². The molecule has 0 radical (unpaired) electrons. The van der Waals surface area contributed by atoms with Crippen molar-refractivity contribution in [3.8, 4) is 5.75 Å². The Balaban J connectivity index is 1.65. The molecule has 0 heterocycles. The van der Waals surface area contributed by atoms with Crippen molar-refractivity contribution in [2.24, 2.45) is 17.3 Å². The van der Waals surface area contributed by atoms with E-state index in [2.05, 4.69) is 5.32 Å². The van der Waals surface area contributed by atoms with E-state index in [9.17, 15) is 18.3 Å². The van der Waals surface area contributed by atoms with Crippen LogP contribution in [0.1, 0.15) is 38.5 Å². The van der Waals surface area contributed by atoms with Crippen molar-refractivity contribution >= 4 is 21.6 Å². The van der Waals surface area contributed by atoms with Crippen LogP contribution in [0.5, 0.6) is 5.75 Å². The zero-order valence-electron chi connectivity index (χ0n) is 16.6. The van der Waals surface area contributed by atoms with Crippen molar-refractivity contribution in [2.45, 2.75) is 49.0 Å². The van der Waals surface area contributed by atoms with Gasteiger partial charge in [-0.2, -0.15) is 0 Å². The molecular formula is C20H28N2O5S. The maximum atomic E-state index is 13.3. The minimum atomic E-state index is -3.63. The van der Waals surface area contributed by atoms with Gasteiger partial charge in [0.05, 0.1) is 28.7 Å². The second-order valence-corrected chi connectivity index (χ2v) is 11.2. The van der Waals surface area contributed by atoms with E-state index in [0.717, 1.165) is 36.4 Å². The number of hydrogen-bond acceptors (Lipinski definition) is 5. The maximum Gasteiger partial charge on any atom is 0.242 e. The van der Waals surface area contributed by atoms with Crippen LogP contribution in [0, 0.1) is 17.3 Å². The highest BCUT2D eigenvalue weighted by Crippen LogP contribution is 2.61. The molecule has 1 aromatic carbocycles. The largest absolute Gasteiger partial charge is 0.495 e. The summed E-state index contributed by atoms with van der Waals surface area (Å²) in [6.45, 7) is 0. The van der Waals surface area contributed by atoms with Crippen molar-refractivity contribution in [1.29, 1.82) is 0 Å². The molecule has 7 nitrogen and oxygen atoms in total. The standard InChI is InChI=1S/C20H28N2O5S/c1-22(2)28(25,26)15-4-5-17(27-3)16(7-15)21-18(23)19-8-13-6-14(9-19)11-20(24,10-13)12-19/h4-5,7,13-14,24H,6,8-12H2,1-3H3,(H,21,23)/t13-,14+,19?,20?. The van der Waals surface area contributed by atoms with Gasteiger partial charge in [0.25, 0.3) is 0 Å². The van der Waals surface area contributed by atoms with E-state index < -0.39 is 21.0 Å². The molecular weight excluding hydrogens is 380 g/mol. The third-order valence-electron chi connectivity index (χ3n) is 6.71. The van der Waals surface area contributed by atoms with Gasteiger partial charge in [-0.05, 0) is 68.6 Å². The molecule has 0 aromatic heterocycles. The highest BCUT2D eigenvalue weighted by Gasteiger charge is 2.60. The molecule has 4 fully saturated rings. The van der Waals surface area contributed by atoms with E-state index >= 15 is 0 Å². The minimum absolute atomic E-state index is 0.0951. The number of aliphatic hydroxyl groups is 1. The molecule has 4 bridgehead atoms. The van der Waals surface area contributed by atoms with Crippen LogP contribution in [0.2, 0.25) is 0 Å². The van der Waals surface area contributed by atoms with Gasteiger partial charge in [-0.1, -0.05) is 0 Å². The van der Waals surface area contributed by atoms with Gasteiger partial charge in [0.2, 0.25) is 15.9 Å². The summed E-state index contributed by atoms with van der Waals surface area (Å²) >= 11 is 0.